The van der Waals surface area contributed by atoms with Crippen LogP contribution in [0.4, 0.5) is 10.1 Å². The zero-order valence-electron chi connectivity index (χ0n) is 11.9. The lowest BCUT2D eigenvalue weighted by molar-refractivity contribution is 0.159. The monoisotopic (exact) mass is 318 g/mol. The van der Waals surface area contributed by atoms with Gasteiger partial charge in [-0.3, -0.25) is 4.99 Å². The fourth-order valence-electron chi connectivity index (χ4n) is 2.66. The molecule has 0 fully saturated rings. The Labute approximate surface area is 133 Å². The Hall–Kier alpha value is -1.91. The number of nitrogens with one attached hydrogen (secondary N) is 1. The molecule has 0 saturated heterocycles. The largest absolute Gasteiger partial charge is 0.373 e. The molecule has 114 valence electrons. The minimum Gasteiger partial charge on any atom is -0.373 e. The number of aliphatic hydroxyl groups is 1. The van der Waals surface area contributed by atoms with E-state index in [1.807, 2.05) is 24.3 Å². The van der Waals surface area contributed by atoms with Crippen LogP contribution in [0.5, 0.6) is 0 Å². The number of nitrogens with zero attached hydrogens (tertiary/aromatic N) is 1. The van der Waals surface area contributed by atoms with Crippen LogP contribution in [0.15, 0.2) is 53.5 Å². The lowest BCUT2D eigenvalue weighted by Gasteiger charge is -2.24. The standard InChI is InChI=1S/C17H16ClFN2O/c18-9-4-10-20-16-17(22,12-5-3-6-13(19)11-12)14-7-1-2-8-15(14)21-16/h1-3,5-8,11,22H,4,9-10H2,(H,20,21). The number of benzene rings is 2. The Bertz CT molecular complexity index is 719. The molecule has 0 radical (unpaired) electrons. The third-order valence-electron chi connectivity index (χ3n) is 3.72. The predicted molar refractivity (Wildman–Crippen MR) is 87.1 cm³/mol. The summed E-state index contributed by atoms with van der Waals surface area (Å²) in [5.41, 5.74) is 0.434. The summed E-state index contributed by atoms with van der Waals surface area (Å²) in [4.78, 5) is 4.44. The smallest absolute Gasteiger partial charge is 0.174 e. The highest BCUT2D eigenvalue weighted by molar-refractivity contribution is 6.17. The van der Waals surface area contributed by atoms with Crippen molar-refractivity contribution in [3.05, 3.63) is 65.5 Å². The van der Waals surface area contributed by atoms with Crippen molar-refractivity contribution in [1.29, 1.82) is 0 Å². The van der Waals surface area contributed by atoms with Gasteiger partial charge in [0.05, 0.1) is 0 Å². The number of alkyl halides is 1. The van der Waals surface area contributed by atoms with Gasteiger partial charge in [-0.15, -0.1) is 11.6 Å². The van der Waals surface area contributed by atoms with E-state index in [-0.39, 0.29) is 0 Å². The number of para-hydroxylation sites is 1. The van der Waals surface area contributed by atoms with Crippen molar-refractivity contribution in [2.75, 3.05) is 17.7 Å². The fraction of sp³-hybridized carbons (Fsp3) is 0.235. The van der Waals surface area contributed by atoms with Crippen LogP contribution in [0.25, 0.3) is 0 Å². The zero-order chi connectivity index (χ0) is 15.6. The molecule has 0 spiro atoms. The van der Waals surface area contributed by atoms with Crippen LogP contribution in [0.1, 0.15) is 17.5 Å². The van der Waals surface area contributed by atoms with Crippen LogP contribution in [-0.2, 0) is 5.60 Å². The van der Waals surface area contributed by atoms with Crippen molar-refractivity contribution in [2.24, 2.45) is 4.99 Å². The first-order valence-electron chi connectivity index (χ1n) is 7.12. The van der Waals surface area contributed by atoms with Crippen LogP contribution in [0.2, 0.25) is 0 Å². The fourth-order valence-corrected chi connectivity index (χ4v) is 2.78. The van der Waals surface area contributed by atoms with Gasteiger partial charge in [0.2, 0.25) is 0 Å². The van der Waals surface area contributed by atoms with Crippen LogP contribution in [-0.4, -0.2) is 23.4 Å². The molecule has 2 N–H and O–H groups in total. The SMILES string of the molecule is OC1(c2cccc(F)c2)C(=NCCCCl)Nc2ccccc21. The molecule has 0 bridgehead atoms. The third kappa shape index (κ3) is 2.49. The van der Waals surface area contributed by atoms with Gasteiger partial charge >= 0.3 is 0 Å². The molecule has 0 aliphatic carbocycles. The molecular weight excluding hydrogens is 303 g/mol. The van der Waals surface area contributed by atoms with E-state index >= 15 is 0 Å². The quantitative estimate of drug-likeness (QED) is 0.669. The summed E-state index contributed by atoms with van der Waals surface area (Å²) in [6.45, 7) is 0.497. The number of aliphatic imine (C=N–C) groups is 1. The van der Waals surface area contributed by atoms with Crippen LogP contribution >= 0.6 is 11.6 Å². The first kappa shape index (κ1) is 15.0. The van der Waals surface area contributed by atoms with Gasteiger partial charge in [-0.05, 0) is 30.2 Å². The first-order chi connectivity index (χ1) is 10.7. The van der Waals surface area contributed by atoms with E-state index in [9.17, 15) is 9.50 Å². The average Bonchev–Trinajstić information content (AvgIpc) is 2.82. The Morgan fingerprint density at radius 1 is 1.18 bits per heavy atom. The third-order valence-corrected chi connectivity index (χ3v) is 3.98. The summed E-state index contributed by atoms with van der Waals surface area (Å²) in [7, 11) is 0. The number of amidine groups is 1. The van der Waals surface area contributed by atoms with Gasteiger partial charge in [-0.2, -0.15) is 0 Å². The number of halogens is 2. The lowest BCUT2D eigenvalue weighted by atomic mass is 9.87. The minimum atomic E-state index is -1.47. The van der Waals surface area contributed by atoms with E-state index in [4.69, 9.17) is 11.6 Å². The second kappa shape index (κ2) is 6.07. The maximum atomic E-state index is 13.6. The van der Waals surface area contributed by atoms with E-state index in [1.165, 1.54) is 12.1 Å². The number of hydrogen-bond donors (Lipinski definition) is 2. The summed E-state index contributed by atoms with van der Waals surface area (Å²) in [6.07, 6.45) is 0.711. The molecule has 1 aliphatic heterocycles. The molecule has 0 aromatic heterocycles. The zero-order valence-corrected chi connectivity index (χ0v) is 12.6. The van der Waals surface area contributed by atoms with Crippen LogP contribution < -0.4 is 5.32 Å². The van der Waals surface area contributed by atoms with Gasteiger partial charge in [0.25, 0.3) is 0 Å². The Kier molecular flexibility index (Phi) is 4.14. The van der Waals surface area contributed by atoms with Gasteiger partial charge in [-0.1, -0.05) is 30.3 Å². The van der Waals surface area contributed by atoms with Gasteiger partial charge in [0.15, 0.2) is 5.60 Å². The molecule has 2 aromatic rings. The maximum Gasteiger partial charge on any atom is 0.174 e. The van der Waals surface area contributed by atoms with Crippen LogP contribution in [0, 0.1) is 5.82 Å². The second-order valence-corrected chi connectivity index (χ2v) is 5.54. The number of rotatable bonds is 4. The molecule has 3 rings (SSSR count). The van der Waals surface area contributed by atoms with Crippen LogP contribution in [0.3, 0.4) is 0 Å². The maximum absolute atomic E-state index is 13.6. The average molecular weight is 319 g/mol. The number of anilines is 1. The first-order valence-corrected chi connectivity index (χ1v) is 7.65. The minimum absolute atomic E-state index is 0.393. The molecule has 1 heterocycles. The van der Waals surface area contributed by atoms with E-state index < -0.39 is 11.4 Å². The predicted octanol–water partition coefficient (Wildman–Crippen LogP) is 3.51. The normalized spacial score (nSPS) is 21.7. The van der Waals surface area contributed by atoms with Crippen molar-refractivity contribution < 1.29 is 9.50 Å². The summed E-state index contributed by atoms with van der Waals surface area (Å²) in [5.74, 6) is 0.516. The lowest BCUT2D eigenvalue weighted by Crippen LogP contribution is -2.36. The van der Waals surface area contributed by atoms with Crippen molar-refractivity contribution in [3.63, 3.8) is 0 Å². The van der Waals surface area contributed by atoms with E-state index in [2.05, 4.69) is 10.3 Å². The molecule has 0 saturated carbocycles. The molecule has 3 nitrogen and oxygen atoms in total. The molecule has 1 unspecified atom stereocenters. The molecular formula is C17H16ClFN2O. The van der Waals surface area contributed by atoms with E-state index in [0.29, 0.717) is 35.8 Å². The summed E-state index contributed by atoms with van der Waals surface area (Å²) in [6, 6.07) is 13.4. The summed E-state index contributed by atoms with van der Waals surface area (Å²) >= 11 is 5.68. The molecule has 22 heavy (non-hydrogen) atoms. The highest BCUT2D eigenvalue weighted by atomic mass is 35.5. The van der Waals surface area contributed by atoms with E-state index in [0.717, 1.165) is 5.69 Å². The number of fused-ring (bicyclic) bond motifs is 1. The highest BCUT2D eigenvalue weighted by Crippen LogP contribution is 2.41. The van der Waals surface area contributed by atoms with Gasteiger partial charge in [0.1, 0.15) is 11.7 Å². The van der Waals surface area contributed by atoms with Gasteiger partial charge in [0, 0.05) is 23.7 Å². The molecule has 1 atom stereocenters. The molecule has 0 amide bonds. The highest BCUT2D eigenvalue weighted by Gasteiger charge is 2.44. The van der Waals surface area contributed by atoms with Gasteiger partial charge in [-0.25, -0.2) is 4.39 Å². The molecule has 2 aromatic carbocycles. The van der Waals surface area contributed by atoms with E-state index in [1.54, 1.807) is 12.1 Å². The van der Waals surface area contributed by atoms with Crippen molar-refractivity contribution in [1.82, 2.24) is 0 Å². The second-order valence-electron chi connectivity index (χ2n) is 5.16. The Morgan fingerprint density at radius 2 is 2.00 bits per heavy atom. The van der Waals surface area contributed by atoms with Crippen molar-refractivity contribution in [2.45, 2.75) is 12.0 Å². The van der Waals surface area contributed by atoms with Crippen molar-refractivity contribution >= 4 is 23.1 Å². The Balaban J connectivity index is 2.12. The number of hydrogen-bond acceptors (Lipinski definition) is 2. The summed E-state index contributed by atoms with van der Waals surface area (Å²) in [5, 5.41) is 14.4. The molecule has 1 aliphatic rings. The Morgan fingerprint density at radius 3 is 2.77 bits per heavy atom. The molecule has 5 heteroatoms. The van der Waals surface area contributed by atoms with Gasteiger partial charge < -0.3 is 10.4 Å². The topological polar surface area (TPSA) is 44.6 Å². The van der Waals surface area contributed by atoms with Crippen molar-refractivity contribution in [3.8, 4) is 0 Å². The summed E-state index contributed by atoms with van der Waals surface area (Å²) < 4.78 is 13.6.